The third kappa shape index (κ3) is 12.6. The Bertz CT molecular complexity index is 1520. The van der Waals surface area contributed by atoms with Crippen LogP contribution >= 0.6 is 0 Å². The number of aliphatic imine (C=N–C) groups is 1. The van der Waals surface area contributed by atoms with Crippen molar-refractivity contribution in [1.82, 2.24) is 10.2 Å². The largest absolute Gasteiger partial charge is 0.490 e. The van der Waals surface area contributed by atoms with Crippen LogP contribution in [0.25, 0.3) is 0 Å². The number of carbonyl (C=O) groups excluding carboxylic acids is 3. The minimum absolute atomic E-state index is 0.00282. The zero-order valence-corrected chi connectivity index (χ0v) is 25.3. The van der Waals surface area contributed by atoms with Crippen LogP contribution in [0.2, 0.25) is 0 Å². The molecule has 0 aliphatic heterocycles. The van der Waals surface area contributed by atoms with Gasteiger partial charge in [0.2, 0.25) is 11.8 Å². The predicted molar refractivity (Wildman–Crippen MR) is 165 cm³/mol. The van der Waals surface area contributed by atoms with Crippen LogP contribution in [0.1, 0.15) is 41.0 Å². The number of primary amides is 2. The topological polar surface area (TPSA) is 220 Å². The summed E-state index contributed by atoms with van der Waals surface area (Å²) >= 11 is 0. The van der Waals surface area contributed by atoms with Gasteiger partial charge in [0, 0.05) is 19.6 Å². The maximum atomic E-state index is 14.4. The zero-order chi connectivity index (χ0) is 36.0. The first kappa shape index (κ1) is 38.4. The maximum Gasteiger partial charge on any atom is 0.490 e. The molecule has 3 aromatic rings. The van der Waals surface area contributed by atoms with Crippen LogP contribution < -0.4 is 28.3 Å². The van der Waals surface area contributed by atoms with Gasteiger partial charge < -0.3 is 38.3 Å². The van der Waals surface area contributed by atoms with Crippen molar-refractivity contribution in [3.8, 4) is 0 Å². The van der Waals surface area contributed by atoms with Crippen LogP contribution in [-0.2, 0) is 27.5 Å². The lowest BCUT2D eigenvalue weighted by Crippen LogP contribution is -2.49. The summed E-state index contributed by atoms with van der Waals surface area (Å²) in [5.41, 5.74) is 24.1. The normalized spacial score (nSPS) is 11.5. The van der Waals surface area contributed by atoms with Crippen molar-refractivity contribution < 1.29 is 46.2 Å². The van der Waals surface area contributed by atoms with Gasteiger partial charge in [-0.2, -0.15) is 13.2 Å². The van der Waals surface area contributed by atoms with E-state index in [1.54, 1.807) is 24.3 Å². The minimum atomic E-state index is -5.08. The van der Waals surface area contributed by atoms with Crippen molar-refractivity contribution in [2.75, 3.05) is 6.54 Å². The molecule has 258 valence electrons. The molecule has 3 rings (SSSR count). The lowest BCUT2D eigenvalue weighted by Gasteiger charge is -2.33. The summed E-state index contributed by atoms with van der Waals surface area (Å²) in [5.74, 6) is -6.06. The van der Waals surface area contributed by atoms with E-state index in [0.717, 1.165) is 5.56 Å². The molecular formula is C31H34F5N7O5. The van der Waals surface area contributed by atoms with Gasteiger partial charge in [-0.05, 0) is 59.4 Å². The molecule has 10 N–H and O–H groups in total. The van der Waals surface area contributed by atoms with E-state index < -0.39 is 53.6 Å². The number of carboxylic acid groups (broad SMARTS) is 1. The van der Waals surface area contributed by atoms with Crippen molar-refractivity contribution >= 4 is 29.8 Å². The van der Waals surface area contributed by atoms with E-state index >= 15 is 0 Å². The molecule has 0 aromatic heterocycles. The number of aliphatic carboxylic acids is 1. The van der Waals surface area contributed by atoms with Crippen LogP contribution in [-0.4, -0.2) is 58.5 Å². The standard InChI is InChI=1S/C29H33F2N7O3.C2HF3O2/c30-22-11-7-20(8-12-22)25(21-9-13-23(31)14-10-21)27(40)38(24(26(32)39)2-1-15-36-28(33)34)17-19-5-3-18(4-6-19)16-37-29(35)41;3-2(4,5)1(6)7/h3-14,24-25H,1-2,15-17H2,(H2,32,39)(H4,33,34,36)(H3,35,37,41);(H,6,7)/t24-;/m1./s1. The highest BCUT2D eigenvalue weighted by molar-refractivity contribution is 5.92. The average molecular weight is 680 g/mol. The molecule has 0 aliphatic rings. The summed E-state index contributed by atoms with van der Waals surface area (Å²) in [4.78, 5) is 52.3. The molecule has 0 unspecified atom stereocenters. The molecule has 0 bridgehead atoms. The highest BCUT2D eigenvalue weighted by Crippen LogP contribution is 2.30. The number of carboxylic acids is 1. The summed E-state index contributed by atoms with van der Waals surface area (Å²) in [6, 6.07) is 16.1. The smallest absolute Gasteiger partial charge is 0.475 e. The number of nitrogens with one attached hydrogen (secondary N) is 1. The number of carbonyl (C=O) groups is 4. The lowest BCUT2D eigenvalue weighted by molar-refractivity contribution is -0.192. The average Bonchev–Trinajstić information content (AvgIpc) is 3.01. The fourth-order valence-corrected chi connectivity index (χ4v) is 4.39. The zero-order valence-electron chi connectivity index (χ0n) is 25.3. The molecule has 0 saturated carbocycles. The number of urea groups is 1. The number of rotatable bonds is 13. The van der Waals surface area contributed by atoms with E-state index in [4.69, 9.17) is 32.8 Å². The molecule has 17 heteroatoms. The van der Waals surface area contributed by atoms with Crippen molar-refractivity contribution in [3.05, 3.63) is 107 Å². The molecule has 3 aromatic carbocycles. The van der Waals surface area contributed by atoms with E-state index in [1.165, 1.54) is 53.4 Å². The highest BCUT2D eigenvalue weighted by Gasteiger charge is 2.38. The van der Waals surface area contributed by atoms with Crippen LogP contribution in [0.5, 0.6) is 0 Å². The fourth-order valence-electron chi connectivity index (χ4n) is 4.39. The fraction of sp³-hybridized carbons (Fsp3) is 0.258. The van der Waals surface area contributed by atoms with Crippen LogP contribution in [0, 0.1) is 11.6 Å². The molecule has 4 amide bonds. The molecule has 12 nitrogen and oxygen atoms in total. The number of nitrogens with two attached hydrogens (primary N) is 4. The van der Waals surface area contributed by atoms with Gasteiger partial charge in [0.05, 0.1) is 5.92 Å². The molecule has 0 aliphatic carbocycles. The van der Waals surface area contributed by atoms with Crippen LogP contribution in [0.3, 0.4) is 0 Å². The van der Waals surface area contributed by atoms with E-state index in [0.29, 0.717) is 23.1 Å². The molecule has 0 radical (unpaired) electrons. The summed E-state index contributed by atoms with van der Waals surface area (Å²) in [6.45, 7) is 0.427. The first-order valence-corrected chi connectivity index (χ1v) is 14.1. The molecule has 0 fully saturated rings. The Morgan fingerprint density at radius 3 is 1.65 bits per heavy atom. The van der Waals surface area contributed by atoms with E-state index in [-0.39, 0.29) is 32.0 Å². The number of halogens is 5. The number of hydrogen-bond donors (Lipinski definition) is 6. The number of alkyl halides is 3. The summed E-state index contributed by atoms with van der Waals surface area (Å²) < 4.78 is 59.3. The lowest BCUT2D eigenvalue weighted by atomic mass is 9.89. The maximum absolute atomic E-state index is 14.4. The van der Waals surface area contributed by atoms with Gasteiger partial charge in [-0.3, -0.25) is 14.6 Å². The van der Waals surface area contributed by atoms with Crippen molar-refractivity contribution in [2.24, 2.45) is 27.9 Å². The van der Waals surface area contributed by atoms with Gasteiger partial charge in [0.25, 0.3) is 0 Å². The Morgan fingerprint density at radius 2 is 1.25 bits per heavy atom. The summed E-state index contributed by atoms with van der Waals surface area (Å²) in [5, 5.41) is 9.63. The first-order valence-electron chi connectivity index (χ1n) is 14.1. The second kappa shape index (κ2) is 17.8. The number of guanidine groups is 1. The van der Waals surface area contributed by atoms with Gasteiger partial charge in [-0.15, -0.1) is 0 Å². The molecular weight excluding hydrogens is 645 g/mol. The Hall–Kier alpha value is -5.74. The van der Waals surface area contributed by atoms with Crippen LogP contribution in [0.4, 0.5) is 26.7 Å². The van der Waals surface area contributed by atoms with Gasteiger partial charge in [-0.1, -0.05) is 48.5 Å². The number of benzene rings is 3. The summed E-state index contributed by atoms with van der Waals surface area (Å²) in [7, 11) is 0. The second-order valence-corrected chi connectivity index (χ2v) is 10.2. The van der Waals surface area contributed by atoms with E-state index in [2.05, 4.69) is 10.3 Å². The Labute approximate surface area is 271 Å². The highest BCUT2D eigenvalue weighted by atomic mass is 19.4. The Kier molecular flexibility index (Phi) is 14.3. The summed E-state index contributed by atoms with van der Waals surface area (Å²) in [6.07, 6.45) is -4.57. The first-order chi connectivity index (χ1) is 22.5. The molecule has 1 atom stereocenters. The third-order valence-corrected chi connectivity index (χ3v) is 6.66. The second-order valence-electron chi connectivity index (χ2n) is 10.2. The van der Waals surface area contributed by atoms with Gasteiger partial charge in [0.1, 0.15) is 17.7 Å². The minimum Gasteiger partial charge on any atom is -0.475 e. The quantitative estimate of drug-likeness (QED) is 0.0686. The molecule has 0 heterocycles. The monoisotopic (exact) mass is 679 g/mol. The SMILES string of the molecule is NC(=O)NCc1ccc(CN(C(=O)C(c2ccc(F)cc2)c2ccc(F)cc2)[C@H](CCCN=C(N)N)C(N)=O)cc1.O=C(O)C(F)(F)F. The third-order valence-electron chi connectivity index (χ3n) is 6.66. The predicted octanol–water partition coefficient (Wildman–Crippen LogP) is 2.83. The van der Waals surface area contributed by atoms with Gasteiger partial charge in [0.15, 0.2) is 5.96 Å². The number of hydrogen-bond acceptors (Lipinski definition) is 5. The van der Waals surface area contributed by atoms with E-state index in [1.807, 2.05) is 0 Å². The van der Waals surface area contributed by atoms with Gasteiger partial charge >= 0.3 is 18.2 Å². The Balaban J connectivity index is 0.00000103. The van der Waals surface area contributed by atoms with Crippen LogP contribution in [0.15, 0.2) is 77.8 Å². The number of nitrogens with zero attached hydrogens (tertiary/aromatic N) is 2. The van der Waals surface area contributed by atoms with Crippen molar-refractivity contribution in [1.29, 1.82) is 0 Å². The van der Waals surface area contributed by atoms with E-state index in [9.17, 15) is 36.3 Å². The molecule has 0 spiro atoms. The van der Waals surface area contributed by atoms with Crippen molar-refractivity contribution in [3.63, 3.8) is 0 Å². The molecule has 48 heavy (non-hydrogen) atoms. The molecule has 0 saturated heterocycles. The number of amides is 4. The van der Waals surface area contributed by atoms with Gasteiger partial charge in [-0.25, -0.2) is 18.4 Å². The Morgan fingerprint density at radius 1 is 0.792 bits per heavy atom. The van der Waals surface area contributed by atoms with Crippen molar-refractivity contribution in [2.45, 2.75) is 44.1 Å².